The van der Waals surface area contributed by atoms with Crippen LogP contribution in [-0.2, 0) is 19.2 Å². The van der Waals surface area contributed by atoms with Gasteiger partial charge in [0.1, 0.15) is 6.54 Å². The first-order valence-corrected chi connectivity index (χ1v) is 9.78. The smallest absolute Gasteiger partial charge is 0.324 e. The molecule has 1 saturated heterocycles. The molecular weight excluding hydrogens is 376 g/mol. The molecule has 3 aliphatic rings. The highest BCUT2D eigenvalue weighted by Gasteiger charge is 2.49. The highest BCUT2D eigenvalue weighted by atomic mass is 16.2. The van der Waals surface area contributed by atoms with Crippen molar-refractivity contribution >= 4 is 41.0 Å². The number of fused-ring (bicyclic) bond motifs is 1. The van der Waals surface area contributed by atoms with Gasteiger partial charge < -0.3 is 10.2 Å². The number of anilines is 2. The zero-order chi connectivity index (χ0) is 20.7. The van der Waals surface area contributed by atoms with Crippen molar-refractivity contribution < 1.29 is 24.0 Å². The van der Waals surface area contributed by atoms with E-state index >= 15 is 0 Å². The molecule has 152 valence electrons. The van der Waals surface area contributed by atoms with Crippen LogP contribution in [0.5, 0.6) is 0 Å². The Kier molecular flexibility index (Phi) is 4.81. The lowest BCUT2D eigenvalue weighted by atomic mass is 10.1. The summed E-state index contributed by atoms with van der Waals surface area (Å²) in [5, 5.41) is 2.76. The number of carbonyl (C=O) groups is 5. The fourth-order valence-corrected chi connectivity index (χ4v) is 4.33. The minimum absolute atomic E-state index is 0.0788. The fraction of sp³-hybridized carbons (Fsp3) is 0.450. The van der Waals surface area contributed by atoms with Gasteiger partial charge in [0.25, 0.3) is 0 Å². The standard InChI is InChI=1S/C20H22N4O5/c1-12-10-16(25)21-14-8-4-5-9-15(14)23(12)17(26)11-22-18(27)19(28)24(20(22)29)13-6-2-3-7-13/h4-5,8-9,12-13H,2-3,6-7,10-11H2,1H3,(H,21,25). The zero-order valence-electron chi connectivity index (χ0n) is 16.1. The Morgan fingerprint density at radius 2 is 1.76 bits per heavy atom. The maximum absolute atomic E-state index is 13.1. The molecule has 9 nitrogen and oxygen atoms in total. The summed E-state index contributed by atoms with van der Waals surface area (Å²) in [6.45, 7) is 1.18. The Labute approximate surface area is 167 Å². The van der Waals surface area contributed by atoms with Gasteiger partial charge in [-0.2, -0.15) is 0 Å². The van der Waals surface area contributed by atoms with Crippen LogP contribution in [0.25, 0.3) is 0 Å². The van der Waals surface area contributed by atoms with Crippen molar-refractivity contribution in [3.05, 3.63) is 24.3 Å². The molecule has 2 aliphatic heterocycles. The summed E-state index contributed by atoms with van der Waals surface area (Å²) in [5.74, 6) is -2.59. The lowest BCUT2D eigenvalue weighted by Crippen LogP contribution is -2.47. The normalized spacial score (nSPS) is 22.8. The first-order valence-electron chi connectivity index (χ1n) is 9.78. The second-order valence-corrected chi connectivity index (χ2v) is 7.67. The number of para-hydroxylation sites is 2. The highest BCUT2D eigenvalue weighted by Crippen LogP contribution is 2.32. The Balaban J connectivity index is 1.59. The van der Waals surface area contributed by atoms with Crippen LogP contribution in [-0.4, -0.2) is 58.1 Å². The maximum atomic E-state index is 13.1. The van der Waals surface area contributed by atoms with Crippen molar-refractivity contribution in [2.75, 3.05) is 16.8 Å². The molecular formula is C20H22N4O5. The SMILES string of the molecule is CC1CC(=O)Nc2ccccc2N1C(=O)CN1C(=O)C(=O)N(C2CCCC2)C1=O. The van der Waals surface area contributed by atoms with Gasteiger partial charge in [-0.15, -0.1) is 0 Å². The van der Waals surface area contributed by atoms with Crippen molar-refractivity contribution in [3.8, 4) is 0 Å². The maximum Gasteiger partial charge on any atom is 0.334 e. The molecule has 29 heavy (non-hydrogen) atoms. The second kappa shape index (κ2) is 7.31. The number of amides is 6. The summed E-state index contributed by atoms with van der Waals surface area (Å²) in [5.41, 5.74) is 0.979. The number of hydrogen-bond donors (Lipinski definition) is 1. The summed E-state index contributed by atoms with van der Waals surface area (Å²) in [4.78, 5) is 65.9. The predicted molar refractivity (Wildman–Crippen MR) is 103 cm³/mol. The topological polar surface area (TPSA) is 107 Å². The van der Waals surface area contributed by atoms with Crippen LogP contribution in [0.1, 0.15) is 39.0 Å². The first-order chi connectivity index (χ1) is 13.9. The number of nitrogens with zero attached hydrogens (tertiary/aromatic N) is 3. The second-order valence-electron chi connectivity index (χ2n) is 7.67. The number of carbonyl (C=O) groups excluding carboxylic acids is 5. The molecule has 0 radical (unpaired) electrons. The van der Waals surface area contributed by atoms with E-state index < -0.39 is 36.3 Å². The van der Waals surface area contributed by atoms with Crippen LogP contribution in [0, 0.1) is 0 Å². The summed E-state index contributed by atoms with van der Waals surface area (Å²) < 4.78 is 0. The molecule has 2 heterocycles. The summed E-state index contributed by atoms with van der Waals surface area (Å²) in [6.07, 6.45) is 3.24. The first kappa shape index (κ1) is 19.1. The molecule has 0 aromatic heterocycles. The van der Waals surface area contributed by atoms with Crippen molar-refractivity contribution in [1.29, 1.82) is 0 Å². The quantitative estimate of drug-likeness (QED) is 0.613. The predicted octanol–water partition coefficient (Wildman–Crippen LogP) is 1.48. The molecule has 6 amide bonds. The largest absolute Gasteiger partial charge is 0.334 e. The van der Waals surface area contributed by atoms with Gasteiger partial charge in [-0.1, -0.05) is 25.0 Å². The minimum atomic E-state index is -0.972. The van der Waals surface area contributed by atoms with Crippen molar-refractivity contribution in [1.82, 2.24) is 9.80 Å². The molecule has 1 aromatic carbocycles. The molecule has 1 unspecified atom stereocenters. The van der Waals surface area contributed by atoms with Crippen molar-refractivity contribution in [2.24, 2.45) is 0 Å². The molecule has 0 bridgehead atoms. The molecule has 4 rings (SSSR count). The van der Waals surface area contributed by atoms with E-state index in [4.69, 9.17) is 0 Å². The number of imide groups is 2. The molecule has 0 spiro atoms. The molecule has 9 heteroatoms. The summed E-state index contributed by atoms with van der Waals surface area (Å²) >= 11 is 0. The van der Waals surface area contributed by atoms with Gasteiger partial charge in [-0.3, -0.25) is 24.1 Å². The monoisotopic (exact) mass is 398 g/mol. The minimum Gasteiger partial charge on any atom is -0.324 e. The van der Waals surface area contributed by atoms with Crippen LogP contribution in [0.4, 0.5) is 16.2 Å². The third-order valence-electron chi connectivity index (χ3n) is 5.70. The van der Waals surface area contributed by atoms with Gasteiger partial charge in [0.05, 0.1) is 11.4 Å². The third kappa shape index (κ3) is 3.26. The van der Waals surface area contributed by atoms with Gasteiger partial charge in [0.2, 0.25) is 11.8 Å². The lowest BCUT2D eigenvalue weighted by molar-refractivity contribution is -0.144. The Bertz CT molecular complexity index is 908. The van der Waals surface area contributed by atoms with Crippen molar-refractivity contribution in [3.63, 3.8) is 0 Å². The number of rotatable bonds is 3. The van der Waals surface area contributed by atoms with Gasteiger partial charge in [0.15, 0.2) is 0 Å². The van der Waals surface area contributed by atoms with Crippen LogP contribution in [0.15, 0.2) is 24.3 Å². The molecule has 1 N–H and O–H groups in total. The number of hydrogen-bond acceptors (Lipinski definition) is 5. The van der Waals surface area contributed by atoms with E-state index in [0.29, 0.717) is 24.2 Å². The van der Waals surface area contributed by atoms with E-state index in [9.17, 15) is 24.0 Å². The van der Waals surface area contributed by atoms with E-state index in [1.54, 1.807) is 31.2 Å². The molecule has 1 atom stereocenters. The van der Waals surface area contributed by atoms with E-state index in [2.05, 4.69) is 5.32 Å². The van der Waals surface area contributed by atoms with Crippen LogP contribution in [0.3, 0.4) is 0 Å². The highest BCUT2D eigenvalue weighted by molar-refractivity contribution is 6.45. The Morgan fingerprint density at radius 1 is 1.07 bits per heavy atom. The number of benzene rings is 1. The number of urea groups is 1. The van der Waals surface area contributed by atoms with E-state index in [0.717, 1.165) is 22.6 Å². The van der Waals surface area contributed by atoms with Gasteiger partial charge >= 0.3 is 17.8 Å². The molecule has 1 aromatic rings. The van der Waals surface area contributed by atoms with Gasteiger partial charge in [-0.05, 0) is 31.9 Å². The fourth-order valence-electron chi connectivity index (χ4n) is 4.33. The van der Waals surface area contributed by atoms with Crippen molar-refractivity contribution in [2.45, 2.75) is 51.1 Å². The molecule has 1 aliphatic carbocycles. The third-order valence-corrected chi connectivity index (χ3v) is 5.70. The average Bonchev–Trinajstić information content (AvgIpc) is 3.23. The lowest BCUT2D eigenvalue weighted by Gasteiger charge is -2.29. The summed E-state index contributed by atoms with van der Waals surface area (Å²) in [6, 6.07) is 5.37. The van der Waals surface area contributed by atoms with Crippen LogP contribution in [0.2, 0.25) is 0 Å². The Hall–Kier alpha value is -3.23. The van der Waals surface area contributed by atoms with Gasteiger partial charge in [-0.25, -0.2) is 9.69 Å². The zero-order valence-corrected chi connectivity index (χ0v) is 16.1. The van der Waals surface area contributed by atoms with Crippen LogP contribution >= 0.6 is 0 Å². The van der Waals surface area contributed by atoms with E-state index in [1.807, 2.05) is 0 Å². The van der Waals surface area contributed by atoms with Gasteiger partial charge in [0, 0.05) is 18.5 Å². The Morgan fingerprint density at radius 3 is 2.48 bits per heavy atom. The summed E-state index contributed by atoms with van der Waals surface area (Å²) in [7, 11) is 0. The number of nitrogens with one attached hydrogen (secondary N) is 1. The molecule has 1 saturated carbocycles. The van der Waals surface area contributed by atoms with Crippen LogP contribution < -0.4 is 10.2 Å². The molecule has 2 fully saturated rings. The van der Waals surface area contributed by atoms with E-state index in [1.165, 1.54) is 4.90 Å². The average molecular weight is 398 g/mol. The van der Waals surface area contributed by atoms with E-state index in [-0.39, 0.29) is 18.4 Å².